The minimum absolute atomic E-state index is 0.0552. The highest BCUT2D eigenvalue weighted by atomic mass is 19.1. The lowest BCUT2D eigenvalue weighted by molar-refractivity contribution is -0.116. The lowest BCUT2D eigenvalue weighted by Crippen LogP contribution is -2.26. The Morgan fingerprint density at radius 2 is 1.97 bits per heavy atom. The standard InChI is InChI=1S/C23H24FN3O2/c1-2-3-4-21(28)25-18-11-12-20-19(13-18)23(29)27(22(26-20)16-7-8-16)14-15-5-9-17(24)10-6-15/h5-6,9-13,16H,2-4,7-8,14H2,1H3,(H,25,28). The van der Waals surface area contributed by atoms with Gasteiger partial charge in [0, 0.05) is 18.0 Å². The Kier molecular flexibility index (Phi) is 5.43. The molecule has 0 atom stereocenters. The fourth-order valence-corrected chi connectivity index (χ4v) is 3.46. The summed E-state index contributed by atoms with van der Waals surface area (Å²) in [6.07, 6.45) is 4.28. The summed E-state index contributed by atoms with van der Waals surface area (Å²) in [4.78, 5) is 30.1. The van der Waals surface area contributed by atoms with Crippen LogP contribution in [0.15, 0.2) is 47.3 Å². The van der Waals surface area contributed by atoms with Gasteiger partial charge >= 0.3 is 0 Å². The lowest BCUT2D eigenvalue weighted by atomic mass is 10.1. The van der Waals surface area contributed by atoms with Gasteiger partial charge < -0.3 is 5.32 Å². The second-order valence-corrected chi connectivity index (χ2v) is 7.65. The number of fused-ring (bicyclic) bond motifs is 1. The summed E-state index contributed by atoms with van der Waals surface area (Å²) in [6.45, 7) is 2.39. The smallest absolute Gasteiger partial charge is 0.261 e. The molecule has 1 aliphatic rings. The van der Waals surface area contributed by atoms with Crippen LogP contribution in [-0.2, 0) is 11.3 Å². The molecule has 1 aromatic heterocycles. The van der Waals surface area contributed by atoms with E-state index in [4.69, 9.17) is 4.98 Å². The van der Waals surface area contributed by atoms with Crippen molar-refractivity contribution in [3.63, 3.8) is 0 Å². The first-order valence-electron chi connectivity index (χ1n) is 10.1. The highest BCUT2D eigenvalue weighted by molar-refractivity contribution is 5.93. The van der Waals surface area contributed by atoms with E-state index in [1.54, 1.807) is 34.9 Å². The summed E-state index contributed by atoms with van der Waals surface area (Å²) in [7, 11) is 0. The number of carbonyl (C=O) groups excluding carboxylic acids is 1. The summed E-state index contributed by atoms with van der Waals surface area (Å²) in [5, 5.41) is 3.34. The quantitative estimate of drug-likeness (QED) is 0.639. The van der Waals surface area contributed by atoms with Crippen LogP contribution in [0.5, 0.6) is 0 Å². The van der Waals surface area contributed by atoms with Gasteiger partial charge in [-0.3, -0.25) is 14.2 Å². The van der Waals surface area contributed by atoms with Crippen molar-refractivity contribution in [2.24, 2.45) is 0 Å². The highest BCUT2D eigenvalue weighted by Gasteiger charge is 2.29. The molecule has 0 unspecified atom stereocenters. The Labute approximate surface area is 168 Å². The second-order valence-electron chi connectivity index (χ2n) is 7.65. The van der Waals surface area contributed by atoms with E-state index >= 15 is 0 Å². The van der Waals surface area contributed by atoms with E-state index in [0.29, 0.717) is 35.5 Å². The average Bonchev–Trinajstić information content (AvgIpc) is 3.55. The number of amides is 1. The van der Waals surface area contributed by atoms with Gasteiger partial charge in [0.1, 0.15) is 11.6 Å². The van der Waals surface area contributed by atoms with Gasteiger partial charge in [0.25, 0.3) is 5.56 Å². The molecule has 5 nitrogen and oxygen atoms in total. The van der Waals surface area contributed by atoms with Crippen LogP contribution in [0.2, 0.25) is 0 Å². The topological polar surface area (TPSA) is 64.0 Å². The summed E-state index contributed by atoms with van der Waals surface area (Å²) in [5.41, 5.74) is 1.95. The van der Waals surface area contributed by atoms with Crippen molar-refractivity contribution in [1.82, 2.24) is 9.55 Å². The number of nitrogens with one attached hydrogen (secondary N) is 1. The van der Waals surface area contributed by atoms with Crippen LogP contribution in [0.1, 0.15) is 56.3 Å². The number of carbonyl (C=O) groups is 1. The van der Waals surface area contributed by atoms with Crippen molar-refractivity contribution in [3.8, 4) is 0 Å². The fraction of sp³-hybridized carbons (Fsp3) is 0.348. The maximum Gasteiger partial charge on any atom is 0.261 e. The number of halogens is 1. The Bertz CT molecular complexity index is 1100. The van der Waals surface area contributed by atoms with E-state index in [0.717, 1.165) is 37.1 Å². The number of rotatable bonds is 7. The van der Waals surface area contributed by atoms with Crippen LogP contribution in [0.25, 0.3) is 10.9 Å². The molecule has 0 spiro atoms. The maximum absolute atomic E-state index is 13.3. The largest absolute Gasteiger partial charge is 0.326 e. The van der Waals surface area contributed by atoms with Crippen LogP contribution in [-0.4, -0.2) is 15.5 Å². The van der Waals surface area contributed by atoms with Crippen LogP contribution in [0, 0.1) is 5.82 Å². The Hall–Kier alpha value is -3.02. The van der Waals surface area contributed by atoms with Crippen LogP contribution in [0.4, 0.5) is 10.1 Å². The number of aromatic nitrogens is 2. The minimum Gasteiger partial charge on any atom is -0.326 e. The van der Waals surface area contributed by atoms with Crippen LogP contribution in [0.3, 0.4) is 0 Å². The molecular weight excluding hydrogens is 369 g/mol. The number of hydrogen-bond donors (Lipinski definition) is 1. The maximum atomic E-state index is 13.3. The van der Waals surface area contributed by atoms with E-state index in [-0.39, 0.29) is 17.3 Å². The van der Waals surface area contributed by atoms with E-state index in [1.807, 2.05) is 6.92 Å². The molecule has 1 amide bonds. The molecule has 2 aromatic carbocycles. The van der Waals surface area contributed by atoms with Gasteiger partial charge in [-0.05, 0) is 55.2 Å². The van der Waals surface area contributed by atoms with E-state index in [2.05, 4.69) is 5.32 Å². The molecule has 1 aliphatic carbocycles. The molecule has 0 aliphatic heterocycles. The molecule has 1 N–H and O–H groups in total. The van der Waals surface area contributed by atoms with Gasteiger partial charge in [-0.2, -0.15) is 0 Å². The summed E-state index contributed by atoms with van der Waals surface area (Å²) >= 11 is 0. The first-order chi connectivity index (χ1) is 14.0. The fourth-order valence-electron chi connectivity index (χ4n) is 3.46. The Balaban J connectivity index is 1.71. The van der Waals surface area contributed by atoms with Crippen LogP contribution >= 0.6 is 0 Å². The number of benzene rings is 2. The van der Waals surface area contributed by atoms with Crippen molar-refractivity contribution in [1.29, 1.82) is 0 Å². The van der Waals surface area contributed by atoms with Crippen LogP contribution < -0.4 is 10.9 Å². The zero-order valence-corrected chi connectivity index (χ0v) is 16.5. The van der Waals surface area contributed by atoms with Crippen molar-refractivity contribution in [3.05, 3.63) is 70.0 Å². The van der Waals surface area contributed by atoms with Gasteiger partial charge in [-0.1, -0.05) is 25.5 Å². The number of nitrogens with zero attached hydrogens (tertiary/aromatic N) is 2. The minimum atomic E-state index is -0.302. The molecular formula is C23H24FN3O2. The third kappa shape index (κ3) is 4.36. The van der Waals surface area contributed by atoms with Crippen molar-refractivity contribution < 1.29 is 9.18 Å². The number of anilines is 1. The molecule has 3 aromatic rings. The van der Waals surface area contributed by atoms with E-state index in [9.17, 15) is 14.0 Å². The molecule has 1 fully saturated rings. The molecule has 1 saturated carbocycles. The van der Waals surface area contributed by atoms with Gasteiger partial charge in [0.15, 0.2) is 0 Å². The summed E-state index contributed by atoms with van der Waals surface area (Å²) < 4.78 is 14.9. The number of hydrogen-bond acceptors (Lipinski definition) is 3. The molecule has 0 saturated heterocycles. The van der Waals surface area contributed by atoms with Gasteiger partial charge in [0.05, 0.1) is 17.4 Å². The molecule has 4 rings (SSSR count). The van der Waals surface area contributed by atoms with E-state index in [1.165, 1.54) is 12.1 Å². The van der Waals surface area contributed by atoms with Gasteiger partial charge in [-0.15, -0.1) is 0 Å². The van der Waals surface area contributed by atoms with Gasteiger partial charge in [-0.25, -0.2) is 9.37 Å². The second kappa shape index (κ2) is 8.15. The molecule has 29 heavy (non-hydrogen) atoms. The van der Waals surface area contributed by atoms with Crippen molar-refractivity contribution in [2.45, 2.75) is 51.5 Å². The molecule has 1 heterocycles. The zero-order chi connectivity index (χ0) is 20.4. The first-order valence-corrected chi connectivity index (χ1v) is 10.1. The third-order valence-corrected chi connectivity index (χ3v) is 5.22. The third-order valence-electron chi connectivity index (χ3n) is 5.22. The Morgan fingerprint density at radius 3 is 2.66 bits per heavy atom. The highest BCUT2D eigenvalue weighted by Crippen LogP contribution is 2.39. The monoisotopic (exact) mass is 393 g/mol. The Morgan fingerprint density at radius 1 is 1.21 bits per heavy atom. The predicted molar refractivity (Wildman–Crippen MR) is 112 cm³/mol. The molecule has 150 valence electrons. The normalized spacial score (nSPS) is 13.6. The SMILES string of the molecule is CCCCC(=O)Nc1ccc2nc(C3CC3)n(Cc3ccc(F)cc3)c(=O)c2c1. The van der Waals surface area contributed by atoms with Crippen molar-refractivity contribution in [2.75, 3.05) is 5.32 Å². The molecule has 6 heteroatoms. The summed E-state index contributed by atoms with van der Waals surface area (Å²) in [5.74, 6) is 0.719. The average molecular weight is 393 g/mol. The predicted octanol–water partition coefficient (Wildman–Crippen LogP) is 4.59. The molecule has 0 bridgehead atoms. The van der Waals surface area contributed by atoms with E-state index < -0.39 is 0 Å². The lowest BCUT2D eigenvalue weighted by Gasteiger charge is -2.14. The van der Waals surface area contributed by atoms with Gasteiger partial charge in [0.2, 0.25) is 5.91 Å². The van der Waals surface area contributed by atoms with Crippen molar-refractivity contribution >= 4 is 22.5 Å². The first kappa shape index (κ1) is 19.3. The summed E-state index contributed by atoms with van der Waals surface area (Å²) in [6, 6.07) is 11.5. The molecule has 0 radical (unpaired) electrons. The zero-order valence-electron chi connectivity index (χ0n) is 16.5. The number of unbranched alkanes of at least 4 members (excludes halogenated alkanes) is 1.